The quantitative estimate of drug-likeness (QED) is 0.136. The van der Waals surface area contributed by atoms with Crippen LogP contribution in [0.25, 0.3) is 32.7 Å². The molecule has 7 aromatic carbocycles. The third-order valence-electron chi connectivity index (χ3n) is 8.84. The molecule has 0 saturated heterocycles. The Labute approximate surface area is 273 Å². The van der Waals surface area contributed by atoms with Gasteiger partial charge in [-0.2, -0.15) is 0 Å². The van der Waals surface area contributed by atoms with E-state index in [0.717, 1.165) is 49.1 Å². The molecule has 0 saturated carbocycles. The zero-order chi connectivity index (χ0) is 31.8. The van der Waals surface area contributed by atoms with Crippen LogP contribution >= 0.6 is 7.92 Å². The Morgan fingerprint density at radius 3 is 1.67 bits per heavy atom. The summed E-state index contributed by atoms with van der Waals surface area (Å²) in [5.41, 5.74) is 3.38. The number of aliphatic hydroxyl groups excluding tert-OH is 1. The summed E-state index contributed by atoms with van der Waals surface area (Å²) in [6, 6.07) is 52.3. The lowest BCUT2D eigenvalue weighted by molar-refractivity contribution is 0.222. The Kier molecular flexibility index (Phi) is 8.09. The van der Waals surface area contributed by atoms with Gasteiger partial charge in [0.05, 0.1) is 8.07 Å². The summed E-state index contributed by atoms with van der Waals surface area (Å²) >= 11 is 0. The summed E-state index contributed by atoms with van der Waals surface area (Å²) in [6.07, 6.45) is -0.867. The molecule has 0 aromatic heterocycles. The van der Waals surface area contributed by atoms with Gasteiger partial charge in [-0.1, -0.05) is 170 Å². The van der Waals surface area contributed by atoms with Crippen molar-refractivity contribution >= 4 is 58.6 Å². The van der Waals surface area contributed by atoms with Crippen molar-refractivity contribution in [2.75, 3.05) is 0 Å². The monoisotopic (exact) mass is 632 g/mol. The van der Waals surface area contributed by atoms with Crippen LogP contribution in [0.2, 0.25) is 19.6 Å². The first-order chi connectivity index (χ1) is 22.3. The fourth-order valence-corrected chi connectivity index (χ4v) is 10.8. The standard InChI is InChI=1S/C42H37O2PSi/c1-46(2,3)38-25-15-14-24-35(38)41(43)36-27-26-29-16-10-12-22-33(29)39(36)40-34-23-13-11-17-30(34)28-37(42(40)44)45(31-18-6-4-7-19-31)32-20-8-5-9-21-32/h4-28,41,43-44H,1-3H3. The molecule has 0 heterocycles. The Bertz CT molecular complexity index is 2130. The van der Waals surface area contributed by atoms with E-state index in [1.807, 2.05) is 36.4 Å². The van der Waals surface area contributed by atoms with Crippen molar-refractivity contribution < 1.29 is 10.2 Å². The highest BCUT2D eigenvalue weighted by Crippen LogP contribution is 2.48. The molecule has 0 radical (unpaired) electrons. The minimum atomic E-state index is -1.78. The number of aliphatic hydroxyl groups is 1. The molecule has 226 valence electrons. The van der Waals surface area contributed by atoms with E-state index in [0.29, 0.717) is 0 Å². The molecule has 0 bridgehead atoms. The van der Waals surface area contributed by atoms with Gasteiger partial charge in [0.2, 0.25) is 0 Å². The van der Waals surface area contributed by atoms with Gasteiger partial charge < -0.3 is 10.2 Å². The molecule has 0 amide bonds. The molecule has 0 aliphatic rings. The van der Waals surface area contributed by atoms with Crippen molar-refractivity contribution in [3.63, 3.8) is 0 Å². The fourth-order valence-electron chi connectivity index (χ4n) is 6.71. The molecule has 0 aliphatic carbocycles. The van der Waals surface area contributed by atoms with E-state index in [-0.39, 0.29) is 5.75 Å². The molecular formula is C42H37O2PSi. The maximum atomic E-state index is 12.7. The van der Waals surface area contributed by atoms with Crippen LogP contribution in [0.15, 0.2) is 152 Å². The first-order valence-corrected chi connectivity index (χ1v) is 20.6. The summed E-state index contributed by atoms with van der Waals surface area (Å²) < 4.78 is 0. The summed E-state index contributed by atoms with van der Waals surface area (Å²) in [4.78, 5) is 0. The SMILES string of the molecule is C[Si](C)(C)c1ccccc1C(O)c1ccc2ccccc2c1-c1c(O)c(P(c2ccccc2)c2ccccc2)cc2ccccc12. The van der Waals surface area contributed by atoms with Crippen LogP contribution in [-0.2, 0) is 0 Å². The van der Waals surface area contributed by atoms with Gasteiger partial charge in [0.1, 0.15) is 11.9 Å². The minimum absolute atomic E-state index is 0.265. The Balaban J connectivity index is 1.58. The van der Waals surface area contributed by atoms with Crippen molar-refractivity contribution in [2.45, 2.75) is 25.7 Å². The highest BCUT2D eigenvalue weighted by molar-refractivity contribution is 7.80. The Morgan fingerprint density at radius 1 is 0.522 bits per heavy atom. The molecular weight excluding hydrogens is 596 g/mol. The van der Waals surface area contributed by atoms with Crippen LogP contribution in [0.1, 0.15) is 17.2 Å². The third-order valence-corrected chi connectivity index (χ3v) is 13.4. The molecule has 46 heavy (non-hydrogen) atoms. The van der Waals surface area contributed by atoms with Gasteiger partial charge in [-0.05, 0) is 62.8 Å². The smallest absolute Gasteiger partial charge is 0.132 e. The highest BCUT2D eigenvalue weighted by Gasteiger charge is 2.29. The number of rotatable bonds is 7. The summed E-state index contributed by atoms with van der Waals surface area (Å²) in [5, 5.41) is 33.6. The summed E-state index contributed by atoms with van der Waals surface area (Å²) in [5.74, 6) is 0.265. The predicted octanol–water partition coefficient (Wildman–Crippen LogP) is 8.75. The van der Waals surface area contributed by atoms with E-state index in [4.69, 9.17) is 0 Å². The maximum absolute atomic E-state index is 12.7. The Hall–Kier alpha value is -4.53. The van der Waals surface area contributed by atoms with Crippen molar-refractivity contribution in [1.82, 2.24) is 0 Å². The molecule has 4 heteroatoms. The first kappa shape index (κ1) is 30.1. The number of hydrogen-bond acceptors (Lipinski definition) is 2. The number of aromatic hydroxyl groups is 1. The van der Waals surface area contributed by atoms with Gasteiger partial charge >= 0.3 is 0 Å². The van der Waals surface area contributed by atoms with Crippen LogP contribution in [0.5, 0.6) is 5.75 Å². The van der Waals surface area contributed by atoms with Gasteiger partial charge in [0.25, 0.3) is 0 Å². The van der Waals surface area contributed by atoms with Gasteiger partial charge in [-0.25, -0.2) is 0 Å². The molecule has 0 spiro atoms. The van der Waals surface area contributed by atoms with Crippen LogP contribution in [0, 0.1) is 0 Å². The molecule has 1 unspecified atom stereocenters. The van der Waals surface area contributed by atoms with Gasteiger partial charge in [0.15, 0.2) is 0 Å². The third kappa shape index (κ3) is 5.46. The second kappa shape index (κ2) is 12.3. The van der Waals surface area contributed by atoms with E-state index in [2.05, 4.69) is 135 Å². The summed E-state index contributed by atoms with van der Waals surface area (Å²) in [7, 11) is -2.87. The van der Waals surface area contributed by atoms with Crippen LogP contribution < -0.4 is 21.1 Å². The van der Waals surface area contributed by atoms with E-state index < -0.39 is 22.1 Å². The zero-order valence-corrected chi connectivity index (χ0v) is 28.2. The van der Waals surface area contributed by atoms with E-state index in [1.165, 1.54) is 15.8 Å². The van der Waals surface area contributed by atoms with E-state index in [9.17, 15) is 10.2 Å². The van der Waals surface area contributed by atoms with Gasteiger partial charge in [-0.3, -0.25) is 0 Å². The lowest BCUT2D eigenvalue weighted by atomic mass is 9.86. The average Bonchev–Trinajstić information content (AvgIpc) is 3.09. The average molecular weight is 633 g/mol. The lowest BCUT2D eigenvalue weighted by Gasteiger charge is -2.27. The fraction of sp³-hybridized carbons (Fsp3) is 0.0952. The van der Waals surface area contributed by atoms with Crippen molar-refractivity contribution in [2.24, 2.45) is 0 Å². The summed E-state index contributed by atoms with van der Waals surface area (Å²) in [6.45, 7) is 6.95. The number of fused-ring (bicyclic) bond motifs is 2. The van der Waals surface area contributed by atoms with Crippen molar-refractivity contribution in [3.8, 4) is 16.9 Å². The maximum Gasteiger partial charge on any atom is 0.132 e. The van der Waals surface area contributed by atoms with Crippen LogP contribution in [0.3, 0.4) is 0 Å². The number of benzene rings is 7. The van der Waals surface area contributed by atoms with Gasteiger partial charge in [0, 0.05) is 10.9 Å². The van der Waals surface area contributed by atoms with Gasteiger partial charge in [-0.15, -0.1) is 0 Å². The van der Waals surface area contributed by atoms with E-state index in [1.54, 1.807) is 0 Å². The minimum Gasteiger partial charge on any atom is -0.507 e. The van der Waals surface area contributed by atoms with Crippen LogP contribution in [-0.4, -0.2) is 18.3 Å². The zero-order valence-electron chi connectivity index (χ0n) is 26.4. The van der Waals surface area contributed by atoms with Crippen molar-refractivity contribution in [3.05, 3.63) is 163 Å². The molecule has 0 aliphatic heterocycles. The molecule has 2 N–H and O–H groups in total. The first-order valence-electron chi connectivity index (χ1n) is 15.8. The largest absolute Gasteiger partial charge is 0.507 e. The second-order valence-electron chi connectivity index (χ2n) is 12.8. The number of phenols is 1. The van der Waals surface area contributed by atoms with Crippen LogP contribution in [0.4, 0.5) is 0 Å². The topological polar surface area (TPSA) is 40.5 Å². The molecule has 2 nitrogen and oxygen atoms in total. The Morgan fingerprint density at radius 2 is 1.04 bits per heavy atom. The molecule has 7 rings (SSSR count). The van der Waals surface area contributed by atoms with Crippen molar-refractivity contribution in [1.29, 1.82) is 0 Å². The number of hydrogen-bond donors (Lipinski definition) is 2. The normalized spacial score (nSPS) is 12.5. The molecule has 7 aromatic rings. The predicted molar refractivity (Wildman–Crippen MR) is 201 cm³/mol. The number of phenolic OH excluding ortho intramolecular Hbond substituents is 1. The second-order valence-corrected chi connectivity index (χ2v) is 20.1. The highest BCUT2D eigenvalue weighted by atomic mass is 31.1. The lowest BCUT2D eigenvalue weighted by Crippen LogP contribution is -2.40. The molecule has 1 atom stereocenters. The molecule has 0 fully saturated rings. The van der Waals surface area contributed by atoms with E-state index >= 15 is 0 Å².